The largest absolute Gasteiger partial charge is 0.436 e. The summed E-state index contributed by atoms with van der Waals surface area (Å²) in [6.07, 6.45) is -1.68. The second-order valence-electron chi connectivity index (χ2n) is 7.37. The summed E-state index contributed by atoms with van der Waals surface area (Å²) in [7, 11) is 0. The Morgan fingerprint density at radius 1 is 1.23 bits per heavy atom. The number of anilines is 1. The SMILES string of the molecule is Cc1cc(-n2ncc3c2CCCN3C(=O)Cn2nc(C(F)(F)F)c(Cl)c2C)ccc1Cl. The predicted octanol–water partition coefficient (Wildman–Crippen LogP) is 4.99. The molecule has 0 fully saturated rings. The summed E-state index contributed by atoms with van der Waals surface area (Å²) in [6.45, 7) is 3.38. The minimum atomic E-state index is -4.69. The van der Waals surface area contributed by atoms with Crippen molar-refractivity contribution in [1.82, 2.24) is 19.6 Å². The summed E-state index contributed by atoms with van der Waals surface area (Å²) in [5, 5.41) is 8.11. The van der Waals surface area contributed by atoms with E-state index in [0.717, 1.165) is 21.6 Å². The van der Waals surface area contributed by atoms with E-state index in [-0.39, 0.29) is 18.1 Å². The molecule has 0 radical (unpaired) electrons. The fraction of sp³-hybridized carbons (Fsp3) is 0.350. The Kier molecular flexibility index (Phi) is 5.51. The lowest BCUT2D eigenvalue weighted by atomic mass is 10.1. The molecule has 3 aromatic rings. The lowest BCUT2D eigenvalue weighted by Gasteiger charge is -2.27. The van der Waals surface area contributed by atoms with Gasteiger partial charge < -0.3 is 4.90 Å². The van der Waals surface area contributed by atoms with E-state index >= 15 is 0 Å². The molecule has 1 amide bonds. The van der Waals surface area contributed by atoms with E-state index in [1.165, 1.54) is 11.8 Å². The van der Waals surface area contributed by atoms with Crippen LogP contribution in [0.5, 0.6) is 0 Å². The number of aryl methyl sites for hydroxylation is 1. The van der Waals surface area contributed by atoms with E-state index < -0.39 is 16.9 Å². The smallest absolute Gasteiger partial charge is 0.308 e. The number of rotatable bonds is 3. The van der Waals surface area contributed by atoms with Crippen LogP contribution in [0, 0.1) is 13.8 Å². The zero-order valence-electron chi connectivity index (χ0n) is 16.7. The average Bonchev–Trinajstić information content (AvgIpc) is 3.26. The van der Waals surface area contributed by atoms with Crippen LogP contribution in [0.3, 0.4) is 0 Å². The van der Waals surface area contributed by atoms with Gasteiger partial charge in [-0.3, -0.25) is 9.48 Å². The van der Waals surface area contributed by atoms with E-state index in [4.69, 9.17) is 23.2 Å². The number of alkyl halides is 3. The Morgan fingerprint density at radius 2 is 1.97 bits per heavy atom. The Labute approximate surface area is 186 Å². The Balaban J connectivity index is 1.63. The Bertz CT molecular complexity index is 1170. The molecule has 3 heterocycles. The number of halogens is 5. The van der Waals surface area contributed by atoms with Crippen molar-refractivity contribution in [3.8, 4) is 5.69 Å². The molecule has 31 heavy (non-hydrogen) atoms. The number of carbonyl (C=O) groups excluding carboxylic acids is 1. The summed E-state index contributed by atoms with van der Waals surface area (Å²) in [4.78, 5) is 14.5. The molecule has 0 saturated carbocycles. The zero-order valence-corrected chi connectivity index (χ0v) is 18.2. The normalized spacial score (nSPS) is 14.1. The standard InChI is InChI=1S/C20H18Cl2F3N5O/c1-11-8-13(5-6-14(11)21)30-15-4-3-7-28(16(15)9-26-30)17(31)10-29-12(2)18(22)19(27-29)20(23,24)25/h5-6,8-9H,3-4,7,10H2,1-2H3. The maximum Gasteiger partial charge on any atom is 0.436 e. The monoisotopic (exact) mass is 471 g/mol. The third-order valence-corrected chi connectivity index (χ3v) is 6.18. The number of hydrogen-bond acceptors (Lipinski definition) is 3. The number of amides is 1. The van der Waals surface area contributed by atoms with Crippen LogP contribution >= 0.6 is 23.2 Å². The van der Waals surface area contributed by atoms with Crippen molar-refractivity contribution in [3.63, 3.8) is 0 Å². The highest BCUT2D eigenvalue weighted by molar-refractivity contribution is 6.32. The van der Waals surface area contributed by atoms with Crippen LogP contribution in [-0.4, -0.2) is 32.0 Å². The molecule has 0 saturated heterocycles. The van der Waals surface area contributed by atoms with Gasteiger partial charge in [0.2, 0.25) is 5.91 Å². The van der Waals surface area contributed by atoms with Crippen molar-refractivity contribution >= 4 is 34.8 Å². The van der Waals surface area contributed by atoms with Crippen LogP contribution in [0.25, 0.3) is 5.69 Å². The first-order valence-corrected chi connectivity index (χ1v) is 10.3. The number of aromatic nitrogens is 4. The number of benzene rings is 1. The van der Waals surface area contributed by atoms with E-state index in [1.54, 1.807) is 16.9 Å². The van der Waals surface area contributed by atoms with Crippen LogP contribution in [0.1, 0.15) is 29.1 Å². The van der Waals surface area contributed by atoms with Crippen molar-refractivity contribution in [3.05, 3.63) is 57.1 Å². The van der Waals surface area contributed by atoms with Crippen molar-refractivity contribution < 1.29 is 18.0 Å². The molecule has 0 spiro atoms. The van der Waals surface area contributed by atoms with Crippen molar-refractivity contribution in [2.24, 2.45) is 0 Å². The minimum Gasteiger partial charge on any atom is -0.308 e. The molecule has 4 rings (SSSR count). The zero-order chi connectivity index (χ0) is 22.5. The molecule has 1 aliphatic rings. The first-order chi connectivity index (χ1) is 14.6. The third-order valence-electron chi connectivity index (χ3n) is 5.31. The van der Waals surface area contributed by atoms with Gasteiger partial charge in [0.15, 0.2) is 5.69 Å². The Morgan fingerprint density at radius 3 is 2.61 bits per heavy atom. The molecular weight excluding hydrogens is 454 g/mol. The van der Waals surface area contributed by atoms with Gasteiger partial charge in [-0.15, -0.1) is 0 Å². The first kappa shape index (κ1) is 21.7. The quantitative estimate of drug-likeness (QED) is 0.540. The van der Waals surface area contributed by atoms with Gasteiger partial charge in [-0.25, -0.2) is 4.68 Å². The molecule has 0 N–H and O–H groups in total. The molecule has 2 aromatic heterocycles. The van der Waals surface area contributed by atoms with E-state index in [2.05, 4.69) is 10.2 Å². The maximum atomic E-state index is 13.1. The van der Waals surface area contributed by atoms with Crippen molar-refractivity contribution in [2.75, 3.05) is 11.4 Å². The molecule has 6 nitrogen and oxygen atoms in total. The molecule has 0 bridgehead atoms. The minimum absolute atomic E-state index is 0.0897. The molecular formula is C20H18Cl2F3N5O. The molecule has 1 aliphatic heterocycles. The molecule has 1 aromatic carbocycles. The average molecular weight is 472 g/mol. The van der Waals surface area contributed by atoms with Crippen LogP contribution in [0.15, 0.2) is 24.4 Å². The van der Waals surface area contributed by atoms with Gasteiger partial charge in [-0.1, -0.05) is 23.2 Å². The van der Waals surface area contributed by atoms with E-state index in [0.29, 0.717) is 30.1 Å². The number of carbonyl (C=O) groups is 1. The molecule has 11 heteroatoms. The van der Waals surface area contributed by atoms with Gasteiger partial charge in [-0.05, 0) is 50.5 Å². The highest BCUT2D eigenvalue weighted by Crippen LogP contribution is 2.35. The topological polar surface area (TPSA) is 56.0 Å². The molecule has 164 valence electrons. The second kappa shape index (κ2) is 7.87. The first-order valence-electron chi connectivity index (χ1n) is 9.52. The van der Waals surface area contributed by atoms with Gasteiger partial charge in [0.25, 0.3) is 0 Å². The maximum absolute atomic E-state index is 13.1. The van der Waals surface area contributed by atoms with Crippen LogP contribution in [0.4, 0.5) is 18.9 Å². The highest BCUT2D eigenvalue weighted by atomic mass is 35.5. The summed E-state index contributed by atoms with van der Waals surface area (Å²) in [6, 6.07) is 5.54. The van der Waals surface area contributed by atoms with Crippen LogP contribution < -0.4 is 4.90 Å². The highest BCUT2D eigenvalue weighted by Gasteiger charge is 2.38. The second-order valence-corrected chi connectivity index (χ2v) is 8.16. The van der Waals surface area contributed by atoms with E-state index in [1.807, 2.05) is 19.1 Å². The van der Waals surface area contributed by atoms with Gasteiger partial charge in [0.1, 0.15) is 6.54 Å². The summed E-state index contributed by atoms with van der Waals surface area (Å²) >= 11 is 11.9. The van der Waals surface area contributed by atoms with Crippen LogP contribution in [-0.2, 0) is 23.9 Å². The summed E-state index contributed by atoms with van der Waals surface area (Å²) < 4.78 is 42.0. The fourth-order valence-corrected chi connectivity index (χ4v) is 4.02. The van der Waals surface area contributed by atoms with Crippen molar-refractivity contribution in [2.45, 2.75) is 39.4 Å². The van der Waals surface area contributed by atoms with Gasteiger partial charge in [0.05, 0.1) is 34.0 Å². The Hall–Kier alpha value is -2.52. The van der Waals surface area contributed by atoms with Gasteiger partial charge in [0, 0.05) is 11.6 Å². The molecule has 0 unspecified atom stereocenters. The number of fused-ring (bicyclic) bond motifs is 1. The molecule has 0 aliphatic carbocycles. The molecule has 0 atom stereocenters. The van der Waals surface area contributed by atoms with Gasteiger partial charge >= 0.3 is 6.18 Å². The third kappa shape index (κ3) is 3.92. The lowest BCUT2D eigenvalue weighted by Crippen LogP contribution is -2.38. The summed E-state index contributed by atoms with van der Waals surface area (Å²) in [5.74, 6) is -0.385. The van der Waals surface area contributed by atoms with Gasteiger partial charge in [-0.2, -0.15) is 23.4 Å². The summed E-state index contributed by atoms with van der Waals surface area (Å²) in [5.41, 5.74) is 2.11. The fourth-order valence-electron chi connectivity index (χ4n) is 3.66. The van der Waals surface area contributed by atoms with Crippen LogP contribution in [0.2, 0.25) is 10.0 Å². The number of hydrogen-bond donors (Lipinski definition) is 0. The predicted molar refractivity (Wildman–Crippen MR) is 111 cm³/mol. The number of nitrogens with zero attached hydrogens (tertiary/aromatic N) is 5. The van der Waals surface area contributed by atoms with Crippen molar-refractivity contribution in [1.29, 1.82) is 0 Å². The van der Waals surface area contributed by atoms with E-state index in [9.17, 15) is 18.0 Å². The lowest BCUT2D eigenvalue weighted by molar-refractivity contribution is -0.141.